The Morgan fingerprint density at radius 2 is 2.04 bits per heavy atom. The van der Waals surface area contributed by atoms with E-state index in [1.54, 1.807) is 12.1 Å². The van der Waals surface area contributed by atoms with Gasteiger partial charge in [-0.1, -0.05) is 6.07 Å². The number of imidazole rings is 1. The fourth-order valence-electron chi connectivity index (χ4n) is 2.58. The molecule has 6 heteroatoms. The van der Waals surface area contributed by atoms with Crippen LogP contribution in [-0.4, -0.2) is 26.5 Å². The maximum Gasteiger partial charge on any atom is 0.320 e. The van der Waals surface area contributed by atoms with Gasteiger partial charge in [-0.05, 0) is 42.8 Å². The van der Waals surface area contributed by atoms with E-state index in [9.17, 15) is 9.18 Å². The van der Waals surface area contributed by atoms with E-state index < -0.39 is 12.0 Å². The van der Waals surface area contributed by atoms with Crippen molar-refractivity contribution in [3.63, 3.8) is 0 Å². The molecule has 0 amide bonds. The smallest absolute Gasteiger partial charge is 0.320 e. The maximum atomic E-state index is 13.2. The molecule has 2 heterocycles. The minimum absolute atomic E-state index is 0.132. The first kappa shape index (κ1) is 15.2. The lowest BCUT2D eigenvalue weighted by atomic mass is 10.1. The van der Waals surface area contributed by atoms with Crippen LogP contribution < -0.4 is 5.73 Å². The average Bonchev–Trinajstić information content (AvgIpc) is 2.88. The molecule has 0 aliphatic heterocycles. The van der Waals surface area contributed by atoms with Crippen LogP contribution in [0.5, 0.6) is 0 Å². The molecule has 0 aliphatic rings. The van der Waals surface area contributed by atoms with E-state index in [0.717, 1.165) is 16.8 Å². The number of aromatic nitrogens is 2. The summed E-state index contributed by atoms with van der Waals surface area (Å²) in [7, 11) is 0. The first-order valence-corrected chi connectivity index (χ1v) is 7.18. The zero-order valence-electron chi connectivity index (χ0n) is 12.5. The Morgan fingerprint density at radius 1 is 1.35 bits per heavy atom. The van der Waals surface area contributed by atoms with Gasteiger partial charge in [0.2, 0.25) is 0 Å². The second kappa shape index (κ2) is 5.81. The highest BCUT2D eigenvalue weighted by Crippen LogP contribution is 2.27. The Bertz CT molecular complexity index is 871. The van der Waals surface area contributed by atoms with Gasteiger partial charge in [0.05, 0.1) is 11.4 Å². The molecule has 118 valence electrons. The van der Waals surface area contributed by atoms with Crippen LogP contribution in [0.2, 0.25) is 0 Å². The van der Waals surface area contributed by atoms with Crippen molar-refractivity contribution in [3.8, 4) is 11.3 Å². The van der Waals surface area contributed by atoms with Gasteiger partial charge < -0.3 is 15.2 Å². The van der Waals surface area contributed by atoms with Crippen LogP contribution in [-0.2, 0) is 11.2 Å². The Labute approximate surface area is 132 Å². The van der Waals surface area contributed by atoms with Crippen molar-refractivity contribution in [2.45, 2.75) is 19.4 Å². The highest BCUT2D eigenvalue weighted by Gasteiger charge is 2.20. The van der Waals surface area contributed by atoms with Crippen molar-refractivity contribution >= 4 is 11.6 Å². The number of rotatable bonds is 4. The third-order valence-corrected chi connectivity index (χ3v) is 3.79. The third kappa shape index (κ3) is 2.80. The van der Waals surface area contributed by atoms with Crippen molar-refractivity contribution < 1.29 is 14.3 Å². The molecule has 3 N–H and O–H groups in total. The standard InChI is InChI=1S/C17H16FN3O2/c1-10-3-2-8-21-14(9-13(19)17(22)23)15(20-16(10)21)11-4-6-12(18)7-5-11/h2-8,13H,9,19H2,1H3,(H,22,23). The first-order chi connectivity index (χ1) is 11.0. The number of carbonyl (C=O) groups is 1. The minimum Gasteiger partial charge on any atom is -0.480 e. The Morgan fingerprint density at radius 3 is 2.70 bits per heavy atom. The molecule has 3 aromatic rings. The summed E-state index contributed by atoms with van der Waals surface area (Å²) in [4.78, 5) is 15.7. The number of nitrogens with zero attached hydrogens (tertiary/aromatic N) is 2. The van der Waals surface area contributed by atoms with Gasteiger partial charge in [-0.2, -0.15) is 0 Å². The molecule has 1 aromatic carbocycles. The fourth-order valence-corrected chi connectivity index (χ4v) is 2.58. The molecule has 5 nitrogen and oxygen atoms in total. The van der Waals surface area contributed by atoms with Crippen molar-refractivity contribution in [1.29, 1.82) is 0 Å². The van der Waals surface area contributed by atoms with E-state index in [0.29, 0.717) is 11.4 Å². The van der Waals surface area contributed by atoms with E-state index in [2.05, 4.69) is 4.98 Å². The minimum atomic E-state index is -1.07. The molecule has 23 heavy (non-hydrogen) atoms. The van der Waals surface area contributed by atoms with Crippen LogP contribution >= 0.6 is 0 Å². The maximum absolute atomic E-state index is 13.2. The molecule has 3 rings (SSSR count). The highest BCUT2D eigenvalue weighted by atomic mass is 19.1. The van der Waals surface area contributed by atoms with Gasteiger partial charge in [-0.3, -0.25) is 4.79 Å². The Hall–Kier alpha value is -2.73. The summed E-state index contributed by atoms with van der Waals surface area (Å²) in [6.45, 7) is 1.93. The van der Waals surface area contributed by atoms with Crippen LogP contribution in [0.1, 0.15) is 11.3 Å². The molecule has 1 atom stereocenters. The molecule has 1 unspecified atom stereocenters. The summed E-state index contributed by atoms with van der Waals surface area (Å²) >= 11 is 0. The van der Waals surface area contributed by atoms with Gasteiger partial charge in [0.25, 0.3) is 0 Å². The molecule has 0 bridgehead atoms. The molecule has 0 radical (unpaired) electrons. The lowest BCUT2D eigenvalue weighted by Crippen LogP contribution is -2.32. The number of fused-ring (bicyclic) bond motifs is 1. The van der Waals surface area contributed by atoms with Gasteiger partial charge >= 0.3 is 5.97 Å². The van der Waals surface area contributed by atoms with Gasteiger partial charge in [0.15, 0.2) is 0 Å². The van der Waals surface area contributed by atoms with Crippen LogP contribution in [0.15, 0.2) is 42.6 Å². The van der Waals surface area contributed by atoms with Crippen LogP contribution in [0.3, 0.4) is 0 Å². The van der Waals surface area contributed by atoms with Crippen molar-refractivity contribution in [2.24, 2.45) is 5.73 Å². The molecule has 0 fully saturated rings. The summed E-state index contributed by atoms with van der Waals surface area (Å²) in [5, 5.41) is 9.10. The topological polar surface area (TPSA) is 80.6 Å². The highest BCUT2D eigenvalue weighted by molar-refractivity contribution is 5.75. The fraction of sp³-hybridized carbons (Fsp3) is 0.176. The van der Waals surface area contributed by atoms with Crippen LogP contribution in [0, 0.1) is 12.7 Å². The van der Waals surface area contributed by atoms with Gasteiger partial charge in [-0.15, -0.1) is 0 Å². The summed E-state index contributed by atoms with van der Waals surface area (Å²) in [6, 6.07) is 8.73. The summed E-state index contributed by atoms with van der Waals surface area (Å²) < 4.78 is 15.0. The quantitative estimate of drug-likeness (QED) is 0.775. The number of aryl methyl sites for hydroxylation is 1. The van der Waals surface area contributed by atoms with Crippen molar-refractivity contribution in [2.75, 3.05) is 0 Å². The van der Waals surface area contributed by atoms with Gasteiger partial charge in [0.1, 0.15) is 17.5 Å². The van der Waals surface area contributed by atoms with E-state index >= 15 is 0 Å². The SMILES string of the molecule is Cc1cccn2c(CC(N)C(=O)O)c(-c3ccc(F)cc3)nc12. The van der Waals surface area contributed by atoms with Gasteiger partial charge in [-0.25, -0.2) is 9.37 Å². The predicted octanol–water partition coefficient (Wildman–Crippen LogP) is 2.40. The molecular weight excluding hydrogens is 297 g/mol. The molecular formula is C17H16FN3O2. The van der Waals surface area contributed by atoms with Crippen LogP contribution in [0.4, 0.5) is 4.39 Å². The lowest BCUT2D eigenvalue weighted by Gasteiger charge is -2.09. The van der Waals surface area contributed by atoms with E-state index in [-0.39, 0.29) is 12.2 Å². The predicted molar refractivity (Wildman–Crippen MR) is 84.6 cm³/mol. The monoisotopic (exact) mass is 313 g/mol. The Kier molecular flexibility index (Phi) is 3.83. The number of hydrogen-bond donors (Lipinski definition) is 2. The lowest BCUT2D eigenvalue weighted by molar-refractivity contribution is -0.138. The van der Waals surface area contributed by atoms with E-state index in [1.165, 1.54) is 12.1 Å². The summed E-state index contributed by atoms with van der Waals surface area (Å²) in [5.74, 6) is -1.41. The molecule has 0 saturated carbocycles. The number of aliphatic carboxylic acids is 1. The van der Waals surface area contributed by atoms with Crippen LogP contribution in [0.25, 0.3) is 16.9 Å². The number of pyridine rings is 1. The van der Waals surface area contributed by atoms with Crippen molar-refractivity contribution in [1.82, 2.24) is 9.38 Å². The molecule has 0 aliphatic carbocycles. The van der Waals surface area contributed by atoms with Crippen molar-refractivity contribution in [3.05, 3.63) is 59.7 Å². The second-order valence-electron chi connectivity index (χ2n) is 5.45. The first-order valence-electron chi connectivity index (χ1n) is 7.18. The normalized spacial score (nSPS) is 12.5. The van der Waals surface area contributed by atoms with Gasteiger partial charge in [0, 0.05) is 18.2 Å². The number of benzene rings is 1. The number of carboxylic acid groups (broad SMARTS) is 1. The van der Waals surface area contributed by atoms with E-state index in [1.807, 2.05) is 29.7 Å². The summed E-state index contributed by atoms with van der Waals surface area (Å²) in [5.41, 5.74) is 9.45. The largest absolute Gasteiger partial charge is 0.480 e. The van der Waals surface area contributed by atoms with E-state index in [4.69, 9.17) is 10.8 Å². The number of nitrogens with two attached hydrogens (primary N) is 1. The number of halogens is 1. The number of carboxylic acids is 1. The average molecular weight is 313 g/mol. The third-order valence-electron chi connectivity index (χ3n) is 3.79. The number of hydrogen-bond acceptors (Lipinski definition) is 3. The molecule has 0 spiro atoms. The zero-order valence-corrected chi connectivity index (χ0v) is 12.5. The summed E-state index contributed by atoms with van der Waals surface area (Å²) in [6.07, 6.45) is 1.96. The molecule has 0 saturated heterocycles. The molecule has 2 aromatic heterocycles. The Balaban J connectivity index is 2.21. The zero-order chi connectivity index (χ0) is 16.6. The second-order valence-corrected chi connectivity index (χ2v) is 5.45.